The molecule has 1 heterocycles. The van der Waals surface area contributed by atoms with Gasteiger partial charge < -0.3 is 14.3 Å². The van der Waals surface area contributed by atoms with Crippen LogP contribution in [0.1, 0.15) is 18.2 Å². The molecule has 0 amide bonds. The van der Waals surface area contributed by atoms with E-state index in [1.165, 1.54) is 6.07 Å². The lowest BCUT2D eigenvalue weighted by Gasteiger charge is -2.14. The molecule has 0 atom stereocenters. The Hall–Kier alpha value is -2.49. The molecule has 0 radical (unpaired) electrons. The fourth-order valence-corrected chi connectivity index (χ4v) is 2.11. The van der Waals surface area contributed by atoms with Gasteiger partial charge in [-0.1, -0.05) is 12.7 Å². The van der Waals surface area contributed by atoms with E-state index in [1.54, 1.807) is 19.1 Å². The van der Waals surface area contributed by atoms with Gasteiger partial charge in [0.2, 0.25) is 0 Å². The predicted octanol–water partition coefficient (Wildman–Crippen LogP) is 3.49. The number of ether oxygens (including phenoxy) is 1. The van der Waals surface area contributed by atoms with E-state index in [-0.39, 0.29) is 16.6 Å². The first-order valence-corrected chi connectivity index (χ1v) is 6.61. The van der Waals surface area contributed by atoms with E-state index in [0.29, 0.717) is 35.7 Å². The monoisotopic (exact) mass is 286 g/mol. The maximum atomic E-state index is 12.1. The molecular weight excluding hydrogens is 268 g/mol. The molecular formula is C17H18O4. The molecule has 4 heteroatoms. The van der Waals surface area contributed by atoms with E-state index in [1.807, 2.05) is 6.92 Å². The highest BCUT2D eigenvalue weighted by Gasteiger charge is 2.17. The van der Waals surface area contributed by atoms with Crippen molar-refractivity contribution >= 4 is 11.0 Å². The van der Waals surface area contributed by atoms with Gasteiger partial charge in [-0.05, 0) is 25.8 Å². The highest BCUT2D eigenvalue weighted by molar-refractivity contribution is 5.87. The van der Waals surface area contributed by atoms with Crippen molar-refractivity contribution in [3.05, 3.63) is 58.5 Å². The van der Waals surface area contributed by atoms with E-state index in [2.05, 4.69) is 13.2 Å². The quantitative estimate of drug-likeness (QED) is 0.855. The van der Waals surface area contributed by atoms with Crippen molar-refractivity contribution in [3.8, 4) is 11.5 Å². The second-order valence-electron chi connectivity index (χ2n) is 5.03. The lowest BCUT2D eigenvalue weighted by Crippen LogP contribution is -2.05. The zero-order chi connectivity index (χ0) is 15.6. The molecule has 1 aromatic heterocycles. The standard InChI is InChI=1S/C17H18O4/c1-5-6-12-14(20-9-10(2)3)8-15-16(17(12)19)13(18)7-11(4)21-15/h5,7-8,19H,1-2,6,9H2,3-4H3. The number of phenolic OH excluding ortho intramolecular Hbond substituents is 1. The molecule has 21 heavy (non-hydrogen) atoms. The molecule has 0 aliphatic heterocycles. The Morgan fingerprint density at radius 2 is 2.19 bits per heavy atom. The number of phenols is 1. The maximum Gasteiger partial charge on any atom is 0.196 e. The topological polar surface area (TPSA) is 59.7 Å². The smallest absolute Gasteiger partial charge is 0.196 e. The minimum absolute atomic E-state index is 0.113. The number of hydrogen-bond donors (Lipinski definition) is 1. The summed E-state index contributed by atoms with van der Waals surface area (Å²) in [7, 11) is 0. The van der Waals surface area contributed by atoms with E-state index >= 15 is 0 Å². The van der Waals surface area contributed by atoms with E-state index in [4.69, 9.17) is 9.15 Å². The van der Waals surface area contributed by atoms with Gasteiger partial charge in [-0.15, -0.1) is 6.58 Å². The third kappa shape index (κ3) is 2.99. The number of rotatable bonds is 5. The zero-order valence-corrected chi connectivity index (χ0v) is 12.2. The minimum Gasteiger partial charge on any atom is -0.507 e. The first-order valence-electron chi connectivity index (χ1n) is 6.61. The average molecular weight is 286 g/mol. The van der Waals surface area contributed by atoms with Crippen molar-refractivity contribution in [2.75, 3.05) is 6.61 Å². The Morgan fingerprint density at radius 1 is 1.48 bits per heavy atom. The average Bonchev–Trinajstić information content (AvgIpc) is 2.39. The van der Waals surface area contributed by atoms with Crippen LogP contribution in [-0.2, 0) is 6.42 Å². The Kier molecular flexibility index (Phi) is 4.17. The van der Waals surface area contributed by atoms with Crippen molar-refractivity contribution in [2.45, 2.75) is 20.3 Å². The summed E-state index contributed by atoms with van der Waals surface area (Å²) in [4.78, 5) is 12.1. The fraction of sp³-hybridized carbons (Fsp3) is 0.235. The van der Waals surface area contributed by atoms with Crippen LogP contribution in [-0.4, -0.2) is 11.7 Å². The Balaban J connectivity index is 2.71. The molecule has 4 nitrogen and oxygen atoms in total. The molecule has 1 aromatic carbocycles. The largest absolute Gasteiger partial charge is 0.507 e. The van der Waals surface area contributed by atoms with E-state index in [9.17, 15) is 9.90 Å². The van der Waals surface area contributed by atoms with Gasteiger partial charge >= 0.3 is 0 Å². The van der Waals surface area contributed by atoms with Gasteiger partial charge in [0, 0.05) is 17.7 Å². The fourth-order valence-electron chi connectivity index (χ4n) is 2.11. The van der Waals surface area contributed by atoms with Crippen molar-refractivity contribution < 1.29 is 14.3 Å². The molecule has 0 aliphatic rings. The SMILES string of the molecule is C=CCc1c(OCC(=C)C)cc2oc(C)cc(=O)c2c1O. The van der Waals surface area contributed by atoms with Crippen LogP contribution < -0.4 is 10.2 Å². The van der Waals surface area contributed by atoms with Crippen LogP contribution in [0.3, 0.4) is 0 Å². The Labute approximate surface area is 123 Å². The van der Waals surface area contributed by atoms with Crippen LogP contribution in [0.4, 0.5) is 0 Å². The second kappa shape index (κ2) is 5.87. The third-order valence-corrected chi connectivity index (χ3v) is 3.00. The zero-order valence-electron chi connectivity index (χ0n) is 12.2. The summed E-state index contributed by atoms with van der Waals surface area (Å²) < 4.78 is 11.2. The first-order chi connectivity index (χ1) is 9.93. The number of allylic oxidation sites excluding steroid dienone is 1. The molecule has 2 rings (SSSR count). The van der Waals surface area contributed by atoms with Gasteiger partial charge in [-0.3, -0.25) is 4.79 Å². The van der Waals surface area contributed by atoms with Crippen molar-refractivity contribution in [3.63, 3.8) is 0 Å². The molecule has 0 saturated carbocycles. The Morgan fingerprint density at radius 3 is 2.81 bits per heavy atom. The normalized spacial score (nSPS) is 10.6. The van der Waals surface area contributed by atoms with Crippen LogP contribution in [0.15, 0.2) is 46.2 Å². The van der Waals surface area contributed by atoms with Crippen molar-refractivity contribution in [2.24, 2.45) is 0 Å². The first kappa shape index (κ1) is 14.9. The van der Waals surface area contributed by atoms with Gasteiger partial charge in [-0.25, -0.2) is 0 Å². The third-order valence-electron chi connectivity index (χ3n) is 3.00. The second-order valence-corrected chi connectivity index (χ2v) is 5.03. The summed E-state index contributed by atoms with van der Waals surface area (Å²) in [6.45, 7) is 11.3. The number of aryl methyl sites for hydroxylation is 1. The summed E-state index contributed by atoms with van der Waals surface area (Å²) in [5, 5.41) is 10.6. The minimum atomic E-state index is -0.275. The van der Waals surface area contributed by atoms with Crippen LogP contribution in [0.2, 0.25) is 0 Å². The van der Waals surface area contributed by atoms with Crippen LogP contribution in [0.5, 0.6) is 11.5 Å². The molecule has 2 aromatic rings. The van der Waals surface area contributed by atoms with Crippen LogP contribution >= 0.6 is 0 Å². The predicted molar refractivity (Wildman–Crippen MR) is 83.1 cm³/mol. The number of aromatic hydroxyl groups is 1. The molecule has 1 N–H and O–H groups in total. The lowest BCUT2D eigenvalue weighted by atomic mass is 10.0. The van der Waals surface area contributed by atoms with Gasteiger partial charge in [0.25, 0.3) is 0 Å². The summed E-state index contributed by atoms with van der Waals surface area (Å²) in [6, 6.07) is 2.99. The maximum absolute atomic E-state index is 12.1. The van der Waals surface area contributed by atoms with Gasteiger partial charge in [-0.2, -0.15) is 0 Å². The summed E-state index contributed by atoms with van der Waals surface area (Å²) >= 11 is 0. The number of benzene rings is 1. The van der Waals surface area contributed by atoms with Gasteiger partial charge in [0.1, 0.15) is 34.8 Å². The molecule has 0 saturated heterocycles. The van der Waals surface area contributed by atoms with Gasteiger partial charge in [0.05, 0.1) is 0 Å². The molecule has 0 fully saturated rings. The summed E-state index contributed by atoms with van der Waals surface area (Å²) in [6.07, 6.45) is 2.03. The van der Waals surface area contributed by atoms with Gasteiger partial charge in [0.15, 0.2) is 5.43 Å². The summed E-state index contributed by atoms with van der Waals surface area (Å²) in [5.41, 5.74) is 1.41. The molecule has 0 aliphatic carbocycles. The molecule has 0 bridgehead atoms. The molecule has 0 unspecified atom stereocenters. The van der Waals surface area contributed by atoms with E-state index in [0.717, 1.165) is 5.57 Å². The number of fused-ring (bicyclic) bond motifs is 1. The van der Waals surface area contributed by atoms with Crippen LogP contribution in [0.25, 0.3) is 11.0 Å². The number of hydrogen-bond acceptors (Lipinski definition) is 4. The highest BCUT2D eigenvalue weighted by atomic mass is 16.5. The van der Waals surface area contributed by atoms with Crippen molar-refractivity contribution in [1.29, 1.82) is 0 Å². The lowest BCUT2D eigenvalue weighted by molar-refractivity contribution is 0.345. The van der Waals surface area contributed by atoms with Crippen molar-refractivity contribution in [1.82, 2.24) is 0 Å². The Bertz CT molecular complexity index is 768. The van der Waals surface area contributed by atoms with E-state index < -0.39 is 0 Å². The van der Waals surface area contributed by atoms with Crippen LogP contribution in [0, 0.1) is 6.92 Å². The molecule has 110 valence electrons. The highest BCUT2D eigenvalue weighted by Crippen LogP contribution is 2.35. The molecule has 0 spiro atoms. The summed E-state index contributed by atoms with van der Waals surface area (Å²) in [5.74, 6) is 0.837.